The summed E-state index contributed by atoms with van der Waals surface area (Å²) in [5.74, 6) is -1.75. The molecule has 0 fully saturated rings. The molecule has 8 heteroatoms. The molecule has 2 aromatic rings. The standard InChI is InChI=1S/C13H8F3N3O2/c1-7-2-3-8(4-17)11(18-7)19-5-9(12(20)21)10(6-19)13(14,15)16/h2-3,5-6H,1H3,(H,20,21). The summed E-state index contributed by atoms with van der Waals surface area (Å²) in [5, 5.41) is 17.8. The normalized spacial score (nSPS) is 11.2. The van der Waals surface area contributed by atoms with Crippen molar-refractivity contribution in [2.75, 3.05) is 0 Å². The SMILES string of the molecule is Cc1ccc(C#N)c(-n2cc(C(=O)O)c(C(F)(F)F)c2)n1. The number of aryl methyl sites for hydroxylation is 1. The fraction of sp³-hybridized carbons (Fsp3) is 0.154. The van der Waals surface area contributed by atoms with Crippen molar-refractivity contribution in [1.29, 1.82) is 5.26 Å². The van der Waals surface area contributed by atoms with E-state index in [1.165, 1.54) is 12.1 Å². The number of aromatic carboxylic acids is 1. The quantitative estimate of drug-likeness (QED) is 0.924. The summed E-state index contributed by atoms with van der Waals surface area (Å²) < 4.78 is 39.4. The molecule has 0 aliphatic rings. The smallest absolute Gasteiger partial charge is 0.418 e. The first-order chi connectivity index (χ1) is 9.74. The van der Waals surface area contributed by atoms with Gasteiger partial charge in [-0.05, 0) is 19.1 Å². The number of halogens is 3. The molecule has 0 radical (unpaired) electrons. The molecule has 0 spiro atoms. The van der Waals surface area contributed by atoms with Crippen LogP contribution in [0.5, 0.6) is 0 Å². The molecule has 2 rings (SSSR count). The monoisotopic (exact) mass is 295 g/mol. The van der Waals surface area contributed by atoms with Gasteiger partial charge in [0.05, 0.1) is 16.7 Å². The number of nitriles is 1. The summed E-state index contributed by atoms with van der Waals surface area (Å²) >= 11 is 0. The minimum atomic E-state index is -4.81. The van der Waals surface area contributed by atoms with E-state index in [1.54, 1.807) is 13.0 Å². The molecule has 0 saturated carbocycles. The van der Waals surface area contributed by atoms with Crippen molar-refractivity contribution in [3.63, 3.8) is 0 Å². The van der Waals surface area contributed by atoms with Crippen LogP contribution in [0.1, 0.15) is 27.2 Å². The third-order valence-corrected chi connectivity index (χ3v) is 2.74. The van der Waals surface area contributed by atoms with Gasteiger partial charge < -0.3 is 9.67 Å². The fourth-order valence-corrected chi connectivity index (χ4v) is 1.80. The van der Waals surface area contributed by atoms with Crippen LogP contribution in [0, 0.1) is 18.3 Å². The van der Waals surface area contributed by atoms with E-state index in [1.807, 2.05) is 0 Å². The van der Waals surface area contributed by atoms with E-state index in [-0.39, 0.29) is 11.4 Å². The Kier molecular flexibility index (Phi) is 3.43. The van der Waals surface area contributed by atoms with E-state index in [4.69, 9.17) is 10.4 Å². The number of rotatable bonds is 2. The average molecular weight is 295 g/mol. The molecular weight excluding hydrogens is 287 g/mol. The minimum Gasteiger partial charge on any atom is -0.478 e. The first kappa shape index (κ1) is 14.6. The fourth-order valence-electron chi connectivity index (χ4n) is 1.80. The largest absolute Gasteiger partial charge is 0.478 e. The van der Waals surface area contributed by atoms with Crippen molar-refractivity contribution in [3.8, 4) is 11.9 Å². The van der Waals surface area contributed by atoms with Gasteiger partial charge in [0, 0.05) is 18.1 Å². The number of aromatic nitrogens is 2. The zero-order valence-electron chi connectivity index (χ0n) is 10.6. The Morgan fingerprint density at radius 3 is 2.52 bits per heavy atom. The van der Waals surface area contributed by atoms with Gasteiger partial charge >= 0.3 is 12.1 Å². The lowest BCUT2D eigenvalue weighted by atomic mass is 10.2. The van der Waals surface area contributed by atoms with E-state index >= 15 is 0 Å². The van der Waals surface area contributed by atoms with Crippen LogP contribution in [-0.2, 0) is 6.18 Å². The third-order valence-electron chi connectivity index (χ3n) is 2.74. The molecule has 0 saturated heterocycles. The van der Waals surface area contributed by atoms with Crippen LogP contribution in [0.4, 0.5) is 13.2 Å². The highest BCUT2D eigenvalue weighted by Gasteiger charge is 2.37. The maximum atomic E-state index is 12.8. The lowest BCUT2D eigenvalue weighted by Gasteiger charge is -2.06. The molecule has 0 aliphatic carbocycles. The van der Waals surface area contributed by atoms with Crippen molar-refractivity contribution in [2.24, 2.45) is 0 Å². The van der Waals surface area contributed by atoms with E-state index in [2.05, 4.69) is 4.98 Å². The Bertz CT molecular complexity index is 757. The first-order valence-electron chi connectivity index (χ1n) is 5.64. The maximum Gasteiger partial charge on any atom is 0.418 e. The van der Waals surface area contributed by atoms with Gasteiger partial charge in [0.15, 0.2) is 5.82 Å². The second-order valence-corrected chi connectivity index (χ2v) is 4.23. The van der Waals surface area contributed by atoms with Crippen molar-refractivity contribution in [3.05, 3.63) is 46.9 Å². The van der Waals surface area contributed by atoms with Gasteiger partial charge in [-0.15, -0.1) is 0 Å². The Morgan fingerprint density at radius 2 is 2.05 bits per heavy atom. The summed E-state index contributed by atoms with van der Waals surface area (Å²) in [4.78, 5) is 14.9. The van der Waals surface area contributed by atoms with Crippen LogP contribution in [-0.4, -0.2) is 20.6 Å². The number of carboxylic acids is 1. The summed E-state index contributed by atoms with van der Waals surface area (Å²) in [6.45, 7) is 1.61. The average Bonchev–Trinajstić information content (AvgIpc) is 2.83. The highest BCUT2D eigenvalue weighted by molar-refractivity contribution is 5.89. The molecule has 0 atom stereocenters. The lowest BCUT2D eigenvalue weighted by molar-refractivity contribution is -0.138. The molecule has 5 nitrogen and oxygen atoms in total. The predicted octanol–water partition coefficient (Wildman–Crippen LogP) is 2.77. The summed E-state index contributed by atoms with van der Waals surface area (Å²) in [6.07, 6.45) is -3.39. The summed E-state index contributed by atoms with van der Waals surface area (Å²) in [7, 11) is 0. The highest BCUT2D eigenvalue weighted by atomic mass is 19.4. The number of pyridine rings is 1. The van der Waals surface area contributed by atoms with Gasteiger partial charge in [-0.3, -0.25) is 0 Å². The number of carbonyl (C=O) groups is 1. The molecule has 2 aromatic heterocycles. The van der Waals surface area contributed by atoms with Gasteiger partial charge in [0.1, 0.15) is 6.07 Å². The summed E-state index contributed by atoms with van der Waals surface area (Å²) in [6, 6.07) is 4.75. The van der Waals surface area contributed by atoms with Gasteiger partial charge in [-0.2, -0.15) is 18.4 Å². The van der Waals surface area contributed by atoms with Crippen molar-refractivity contribution < 1.29 is 23.1 Å². The predicted molar refractivity (Wildman–Crippen MR) is 65.0 cm³/mol. The van der Waals surface area contributed by atoms with E-state index in [0.29, 0.717) is 11.9 Å². The number of carboxylic acid groups (broad SMARTS) is 1. The van der Waals surface area contributed by atoms with E-state index in [0.717, 1.165) is 10.8 Å². The topological polar surface area (TPSA) is 78.9 Å². The maximum absolute atomic E-state index is 12.8. The van der Waals surface area contributed by atoms with E-state index < -0.39 is 23.3 Å². The van der Waals surface area contributed by atoms with Crippen LogP contribution < -0.4 is 0 Å². The van der Waals surface area contributed by atoms with Gasteiger partial charge in [-0.25, -0.2) is 9.78 Å². The van der Waals surface area contributed by atoms with Gasteiger partial charge in [-0.1, -0.05) is 0 Å². The number of hydrogen-bond donors (Lipinski definition) is 1. The Labute approximate surface area is 116 Å². The van der Waals surface area contributed by atoms with Crippen molar-refractivity contribution in [1.82, 2.24) is 9.55 Å². The summed E-state index contributed by atoms with van der Waals surface area (Å²) in [5.41, 5.74) is -1.65. The zero-order valence-corrected chi connectivity index (χ0v) is 10.6. The Hall–Kier alpha value is -2.82. The van der Waals surface area contributed by atoms with Crippen molar-refractivity contribution >= 4 is 5.97 Å². The first-order valence-corrected chi connectivity index (χ1v) is 5.64. The molecule has 0 aliphatic heterocycles. The molecule has 0 unspecified atom stereocenters. The van der Waals surface area contributed by atoms with Crippen LogP contribution in [0.15, 0.2) is 24.5 Å². The van der Waals surface area contributed by atoms with Gasteiger partial charge in [0.2, 0.25) is 0 Å². The van der Waals surface area contributed by atoms with Gasteiger partial charge in [0.25, 0.3) is 0 Å². The number of hydrogen-bond acceptors (Lipinski definition) is 3. The third kappa shape index (κ3) is 2.72. The van der Waals surface area contributed by atoms with Crippen LogP contribution in [0.2, 0.25) is 0 Å². The second kappa shape index (κ2) is 4.94. The Balaban J connectivity index is 2.70. The van der Waals surface area contributed by atoms with Crippen LogP contribution in [0.25, 0.3) is 5.82 Å². The van der Waals surface area contributed by atoms with Crippen molar-refractivity contribution in [2.45, 2.75) is 13.1 Å². The molecule has 108 valence electrons. The molecule has 0 bridgehead atoms. The molecule has 2 heterocycles. The number of nitrogens with zero attached hydrogens (tertiary/aromatic N) is 3. The molecule has 1 N–H and O–H groups in total. The minimum absolute atomic E-state index is 0.0428. The molecular formula is C13H8F3N3O2. The second-order valence-electron chi connectivity index (χ2n) is 4.23. The van der Waals surface area contributed by atoms with E-state index in [9.17, 15) is 18.0 Å². The molecule has 21 heavy (non-hydrogen) atoms. The molecule has 0 amide bonds. The Morgan fingerprint density at radius 1 is 1.38 bits per heavy atom. The lowest BCUT2D eigenvalue weighted by Crippen LogP contribution is -2.09. The zero-order chi connectivity index (χ0) is 15.8. The van der Waals surface area contributed by atoms with Crippen LogP contribution >= 0.6 is 0 Å². The number of alkyl halides is 3. The highest BCUT2D eigenvalue weighted by Crippen LogP contribution is 2.33. The molecule has 0 aromatic carbocycles. The van der Waals surface area contributed by atoms with Crippen LogP contribution in [0.3, 0.4) is 0 Å².